The van der Waals surface area contributed by atoms with E-state index < -0.39 is 17.9 Å². The maximum absolute atomic E-state index is 13.3. The van der Waals surface area contributed by atoms with Gasteiger partial charge in [0.05, 0.1) is 11.7 Å². The van der Waals surface area contributed by atoms with Crippen molar-refractivity contribution in [2.24, 2.45) is 0 Å². The molecule has 100 valence electrons. The zero-order valence-electron chi connectivity index (χ0n) is 10.0. The summed E-state index contributed by atoms with van der Waals surface area (Å²) >= 11 is 0. The molecule has 1 aromatic rings. The molecule has 0 aromatic heterocycles. The largest absolute Gasteiger partial charge is 0.491 e. The average Bonchev–Trinajstić information content (AvgIpc) is 2.85. The Kier molecular flexibility index (Phi) is 3.97. The molecule has 0 radical (unpaired) electrons. The van der Waals surface area contributed by atoms with Crippen LogP contribution in [0.2, 0.25) is 0 Å². The van der Waals surface area contributed by atoms with Crippen LogP contribution in [0.4, 0.5) is 4.39 Å². The molecule has 2 unspecified atom stereocenters. The molecule has 1 aliphatic rings. The summed E-state index contributed by atoms with van der Waals surface area (Å²) in [4.78, 5) is 10.7. The van der Waals surface area contributed by atoms with Crippen LogP contribution >= 0.6 is 0 Å². The molecule has 1 saturated heterocycles. The smallest absolute Gasteiger partial charge is 0.332 e. The minimum atomic E-state index is -0.980. The Labute approximate surface area is 109 Å². The number of ether oxygens (including phenoxy) is 2. The van der Waals surface area contributed by atoms with Crippen LogP contribution in [0.1, 0.15) is 18.4 Å². The number of carboxylic acid groups (broad SMARTS) is 1. The van der Waals surface area contributed by atoms with E-state index in [1.807, 2.05) is 0 Å². The fraction of sp³-hybridized carbons (Fsp3) is 0.385. The normalized spacial score (nSPS) is 21.9. The minimum absolute atomic E-state index is 0.0459. The summed E-state index contributed by atoms with van der Waals surface area (Å²) in [6.45, 7) is 0.162. The lowest BCUT2D eigenvalue weighted by molar-refractivity contribution is -0.149. The highest BCUT2D eigenvalue weighted by Crippen LogP contribution is 2.22. The molecule has 1 aromatic carbocycles. The first-order valence-corrected chi connectivity index (χ1v) is 5.81. The Morgan fingerprint density at radius 2 is 2.37 bits per heavy atom. The maximum atomic E-state index is 13.3. The van der Waals surface area contributed by atoms with Gasteiger partial charge in [-0.3, -0.25) is 0 Å². The Morgan fingerprint density at radius 3 is 2.95 bits per heavy atom. The molecule has 0 amide bonds. The summed E-state index contributed by atoms with van der Waals surface area (Å²) in [5, 5.41) is 17.4. The summed E-state index contributed by atoms with van der Waals surface area (Å²) in [7, 11) is 0. The van der Waals surface area contributed by atoms with Crippen molar-refractivity contribution in [1.29, 1.82) is 5.26 Å². The van der Waals surface area contributed by atoms with E-state index in [1.165, 1.54) is 12.1 Å². The van der Waals surface area contributed by atoms with Crippen LogP contribution < -0.4 is 4.74 Å². The average molecular weight is 265 g/mol. The van der Waals surface area contributed by atoms with Crippen molar-refractivity contribution >= 4 is 5.97 Å². The van der Waals surface area contributed by atoms with Crippen molar-refractivity contribution in [3.05, 3.63) is 29.6 Å². The second-order valence-electron chi connectivity index (χ2n) is 4.23. The summed E-state index contributed by atoms with van der Waals surface area (Å²) in [5.41, 5.74) is -0.0459. The van der Waals surface area contributed by atoms with E-state index in [-0.39, 0.29) is 18.3 Å². The number of hydrogen-bond acceptors (Lipinski definition) is 4. The number of nitriles is 1. The van der Waals surface area contributed by atoms with Crippen molar-refractivity contribution in [1.82, 2.24) is 0 Å². The van der Waals surface area contributed by atoms with Crippen LogP contribution in [0.3, 0.4) is 0 Å². The Hall–Kier alpha value is -2.13. The number of benzene rings is 1. The van der Waals surface area contributed by atoms with Gasteiger partial charge < -0.3 is 14.6 Å². The molecule has 1 N–H and O–H groups in total. The van der Waals surface area contributed by atoms with Gasteiger partial charge in [0.15, 0.2) is 6.10 Å². The number of aliphatic carboxylic acids is 1. The van der Waals surface area contributed by atoms with E-state index in [4.69, 9.17) is 19.8 Å². The van der Waals surface area contributed by atoms with E-state index in [2.05, 4.69) is 0 Å². The predicted molar refractivity (Wildman–Crippen MR) is 62.1 cm³/mol. The fourth-order valence-electron chi connectivity index (χ4n) is 1.88. The molecule has 0 bridgehead atoms. The number of halogens is 1. The molecule has 2 atom stereocenters. The molecular formula is C13H12FNO4. The standard InChI is InChI=1S/C13H12FNO4/c14-11-5-9(2-1-8(11)6-15)18-7-10-3-4-12(19-10)13(16)17/h1-2,5,10,12H,3-4,7H2,(H,16,17). The first-order chi connectivity index (χ1) is 9.10. The highest BCUT2D eigenvalue weighted by atomic mass is 19.1. The van der Waals surface area contributed by atoms with Gasteiger partial charge >= 0.3 is 5.97 Å². The number of carboxylic acids is 1. The van der Waals surface area contributed by atoms with E-state index in [0.717, 1.165) is 6.07 Å². The van der Waals surface area contributed by atoms with Crippen LogP contribution in [0.15, 0.2) is 18.2 Å². The zero-order chi connectivity index (χ0) is 13.8. The molecule has 0 aliphatic carbocycles. The Morgan fingerprint density at radius 1 is 1.58 bits per heavy atom. The number of hydrogen-bond donors (Lipinski definition) is 1. The van der Waals surface area contributed by atoms with Crippen molar-refractivity contribution in [3.63, 3.8) is 0 Å². The van der Waals surface area contributed by atoms with Gasteiger partial charge in [-0.2, -0.15) is 5.26 Å². The molecular weight excluding hydrogens is 253 g/mol. The molecule has 0 saturated carbocycles. The van der Waals surface area contributed by atoms with E-state index >= 15 is 0 Å². The van der Waals surface area contributed by atoms with E-state index in [9.17, 15) is 9.18 Å². The second kappa shape index (κ2) is 5.67. The first kappa shape index (κ1) is 13.3. The van der Waals surface area contributed by atoms with E-state index in [1.54, 1.807) is 6.07 Å². The number of carbonyl (C=O) groups is 1. The topological polar surface area (TPSA) is 79.5 Å². The minimum Gasteiger partial charge on any atom is -0.491 e. The maximum Gasteiger partial charge on any atom is 0.332 e. The highest BCUT2D eigenvalue weighted by molar-refractivity contribution is 5.72. The van der Waals surface area contributed by atoms with Crippen LogP contribution in [-0.4, -0.2) is 29.9 Å². The van der Waals surface area contributed by atoms with Crippen molar-refractivity contribution < 1.29 is 23.8 Å². The SMILES string of the molecule is N#Cc1ccc(OCC2CCC(C(=O)O)O2)cc1F. The van der Waals surface area contributed by atoms with Gasteiger partial charge in [0, 0.05) is 6.07 Å². The van der Waals surface area contributed by atoms with Gasteiger partial charge in [-0.15, -0.1) is 0 Å². The third kappa shape index (κ3) is 3.20. The number of rotatable bonds is 4. The van der Waals surface area contributed by atoms with Gasteiger partial charge in [-0.25, -0.2) is 9.18 Å². The number of nitrogens with zero attached hydrogens (tertiary/aromatic N) is 1. The highest BCUT2D eigenvalue weighted by Gasteiger charge is 2.30. The van der Waals surface area contributed by atoms with Crippen LogP contribution in [0, 0.1) is 17.1 Å². The Balaban J connectivity index is 1.88. The van der Waals surface area contributed by atoms with Gasteiger partial charge in [0.2, 0.25) is 0 Å². The molecule has 19 heavy (non-hydrogen) atoms. The second-order valence-corrected chi connectivity index (χ2v) is 4.23. The lowest BCUT2D eigenvalue weighted by Crippen LogP contribution is -2.23. The first-order valence-electron chi connectivity index (χ1n) is 5.81. The molecule has 5 nitrogen and oxygen atoms in total. The Bertz CT molecular complexity index is 526. The third-order valence-corrected chi connectivity index (χ3v) is 2.88. The molecule has 2 rings (SSSR count). The van der Waals surface area contributed by atoms with Gasteiger partial charge in [-0.1, -0.05) is 0 Å². The fourth-order valence-corrected chi connectivity index (χ4v) is 1.88. The predicted octanol–water partition coefficient (Wildman–Crippen LogP) is 1.71. The summed E-state index contributed by atoms with van der Waals surface area (Å²) in [5.74, 6) is -1.33. The third-order valence-electron chi connectivity index (χ3n) is 2.88. The molecule has 1 heterocycles. The summed E-state index contributed by atoms with van der Waals surface area (Å²) in [6.07, 6.45) is -0.0491. The quantitative estimate of drug-likeness (QED) is 0.896. The van der Waals surface area contributed by atoms with Crippen LogP contribution in [0.5, 0.6) is 5.75 Å². The zero-order valence-corrected chi connectivity index (χ0v) is 10.0. The van der Waals surface area contributed by atoms with Crippen molar-refractivity contribution in [2.45, 2.75) is 25.0 Å². The van der Waals surface area contributed by atoms with Crippen molar-refractivity contribution in [2.75, 3.05) is 6.61 Å². The van der Waals surface area contributed by atoms with E-state index in [0.29, 0.717) is 18.6 Å². The van der Waals surface area contributed by atoms with Crippen LogP contribution in [-0.2, 0) is 9.53 Å². The van der Waals surface area contributed by atoms with Gasteiger partial charge in [0.25, 0.3) is 0 Å². The lowest BCUT2D eigenvalue weighted by atomic mass is 10.2. The summed E-state index contributed by atoms with van der Waals surface area (Å²) < 4.78 is 23.9. The summed E-state index contributed by atoms with van der Waals surface area (Å²) in [6, 6.07) is 5.67. The van der Waals surface area contributed by atoms with Gasteiger partial charge in [0.1, 0.15) is 24.2 Å². The van der Waals surface area contributed by atoms with Crippen molar-refractivity contribution in [3.8, 4) is 11.8 Å². The van der Waals surface area contributed by atoms with Crippen LogP contribution in [0.25, 0.3) is 0 Å². The molecule has 1 aliphatic heterocycles. The molecule has 6 heteroatoms. The lowest BCUT2D eigenvalue weighted by Gasteiger charge is -2.12. The molecule has 0 spiro atoms. The van der Waals surface area contributed by atoms with Gasteiger partial charge in [-0.05, 0) is 25.0 Å². The monoisotopic (exact) mass is 265 g/mol. The molecule has 1 fully saturated rings.